The Balaban J connectivity index is 1.82. The van der Waals surface area contributed by atoms with E-state index in [0.29, 0.717) is 5.16 Å². The Hall–Kier alpha value is -2.41. The molecule has 0 bridgehead atoms. The van der Waals surface area contributed by atoms with Gasteiger partial charge in [0.25, 0.3) is 0 Å². The number of nitrogens with zero attached hydrogens (tertiary/aromatic N) is 2. The quantitative estimate of drug-likeness (QED) is 0.602. The van der Waals surface area contributed by atoms with E-state index in [0.717, 1.165) is 33.8 Å². The summed E-state index contributed by atoms with van der Waals surface area (Å²) in [4.78, 5) is 32.8. The third-order valence-electron chi connectivity index (χ3n) is 4.14. The van der Waals surface area contributed by atoms with Crippen molar-refractivity contribution < 1.29 is 9.59 Å². The summed E-state index contributed by atoms with van der Waals surface area (Å²) in [6.07, 6.45) is 0. The highest BCUT2D eigenvalue weighted by molar-refractivity contribution is 7.99. The predicted molar refractivity (Wildman–Crippen MR) is 105 cm³/mol. The van der Waals surface area contributed by atoms with Gasteiger partial charge in [-0.3, -0.25) is 9.59 Å². The van der Waals surface area contributed by atoms with Gasteiger partial charge in [0.2, 0.25) is 11.8 Å². The molecule has 2 rings (SSSR count). The molecule has 0 atom stereocenters. The average Bonchev–Trinajstić information content (AvgIpc) is 2.59. The van der Waals surface area contributed by atoms with E-state index in [2.05, 4.69) is 20.6 Å². The number of benzene rings is 1. The Morgan fingerprint density at radius 2 is 1.54 bits per heavy atom. The highest BCUT2D eigenvalue weighted by Gasteiger charge is 2.11. The Bertz CT molecular complexity index is 793. The van der Waals surface area contributed by atoms with Crippen LogP contribution in [0.1, 0.15) is 28.1 Å². The smallest absolute Gasteiger partial charge is 0.243 e. The van der Waals surface area contributed by atoms with Gasteiger partial charge >= 0.3 is 0 Å². The van der Waals surface area contributed by atoms with Crippen LogP contribution in [0.4, 0.5) is 5.69 Å². The molecular formula is C19H24N4O2S. The molecule has 1 aromatic heterocycles. The minimum absolute atomic E-state index is 0.0695. The first kappa shape index (κ1) is 19.9. The Morgan fingerprint density at radius 1 is 0.962 bits per heavy atom. The largest absolute Gasteiger partial charge is 0.346 e. The highest BCUT2D eigenvalue weighted by atomic mass is 32.2. The molecule has 0 saturated carbocycles. The summed E-state index contributed by atoms with van der Waals surface area (Å²) >= 11 is 1.26. The summed E-state index contributed by atoms with van der Waals surface area (Å²) in [7, 11) is 0. The van der Waals surface area contributed by atoms with Crippen molar-refractivity contribution in [3.8, 4) is 0 Å². The maximum atomic E-state index is 12.1. The SMILES string of the molecule is Cc1cccc(C)c1NC(=O)CNC(=O)CSc1nc(C)c(C)c(C)n1. The Kier molecular flexibility index (Phi) is 6.74. The number of carbonyl (C=O) groups excluding carboxylic acids is 2. The van der Waals surface area contributed by atoms with E-state index >= 15 is 0 Å². The number of hydrogen-bond donors (Lipinski definition) is 2. The zero-order valence-electron chi connectivity index (χ0n) is 15.8. The Labute approximate surface area is 158 Å². The molecule has 0 unspecified atom stereocenters. The van der Waals surface area contributed by atoms with Crippen LogP contribution in [0, 0.1) is 34.6 Å². The molecule has 138 valence electrons. The number of nitrogens with one attached hydrogen (secondary N) is 2. The molecule has 7 heteroatoms. The third kappa shape index (κ3) is 5.29. The van der Waals surface area contributed by atoms with Gasteiger partial charge in [0.05, 0.1) is 12.3 Å². The van der Waals surface area contributed by atoms with Crippen LogP contribution in [0.15, 0.2) is 23.4 Å². The first-order valence-corrected chi connectivity index (χ1v) is 9.34. The molecule has 26 heavy (non-hydrogen) atoms. The third-order valence-corrected chi connectivity index (χ3v) is 4.98. The molecule has 0 radical (unpaired) electrons. The number of aromatic nitrogens is 2. The van der Waals surface area contributed by atoms with Crippen LogP contribution in [0.2, 0.25) is 0 Å². The van der Waals surface area contributed by atoms with Crippen molar-refractivity contribution in [2.45, 2.75) is 39.8 Å². The van der Waals surface area contributed by atoms with Crippen LogP contribution in [0.25, 0.3) is 0 Å². The Morgan fingerprint density at radius 3 is 2.12 bits per heavy atom. The number of anilines is 1. The van der Waals surface area contributed by atoms with Gasteiger partial charge in [0.1, 0.15) is 0 Å². The fourth-order valence-electron chi connectivity index (χ4n) is 2.36. The number of para-hydroxylation sites is 1. The fraction of sp³-hybridized carbons (Fsp3) is 0.368. The van der Waals surface area contributed by atoms with Crippen LogP contribution in [0.5, 0.6) is 0 Å². The van der Waals surface area contributed by atoms with E-state index in [-0.39, 0.29) is 24.1 Å². The van der Waals surface area contributed by atoms with E-state index in [1.807, 2.05) is 52.8 Å². The number of hydrogen-bond acceptors (Lipinski definition) is 5. The summed E-state index contributed by atoms with van der Waals surface area (Å²) in [5.74, 6) is -0.316. The number of amides is 2. The molecule has 6 nitrogen and oxygen atoms in total. The van der Waals surface area contributed by atoms with Crippen LogP contribution >= 0.6 is 11.8 Å². The molecule has 2 aromatic rings. The second kappa shape index (κ2) is 8.80. The normalized spacial score (nSPS) is 10.5. The number of thioether (sulfide) groups is 1. The summed E-state index contributed by atoms with van der Waals surface area (Å²) in [6, 6.07) is 5.81. The second-order valence-corrected chi connectivity index (χ2v) is 7.12. The molecule has 0 aliphatic carbocycles. The first-order chi connectivity index (χ1) is 12.3. The molecule has 0 fully saturated rings. The van der Waals surface area contributed by atoms with Crippen molar-refractivity contribution in [2.75, 3.05) is 17.6 Å². The molecule has 2 amide bonds. The van der Waals surface area contributed by atoms with E-state index in [1.165, 1.54) is 11.8 Å². The molecule has 2 N–H and O–H groups in total. The van der Waals surface area contributed by atoms with Gasteiger partial charge in [0.15, 0.2) is 5.16 Å². The van der Waals surface area contributed by atoms with Gasteiger partial charge in [-0.25, -0.2) is 9.97 Å². The van der Waals surface area contributed by atoms with Gasteiger partial charge < -0.3 is 10.6 Å². The minimum Gasteiger partial charge on any atom is -0.346 e. The van der Waals surface area contributed by atoms with Gasteiger partial charge in [-0.1, -0.05) is 30.0 Å². The maximum absolute atomic E-state index is 12.1. The number of rotatable bonds is 6. The van der Waals surface area contributed by atoms with Crippen LogP contribution < -0.4 is 10.6 Å². The lowest BCUT2D eigenvalue weighted by Gasteiger charge is -2.12. The van der Waals surface area contributed by atoms with Crippen molar-refractivity contribution >= 4 is 29.3 Å². The number of aryl methyl sites for hydroxylation is 4. The standard InChI is InChI=1S/C19H24N4O2S/c1-11-7-6-8-12(2)18(11)23-16(24)9-20-17(25)10-26-19-21-14(4)13(3)15(5)22-19/h6-8H,9-10H2,1-5H3,(H,20,25)(H,23,24). The van der Waals surface area contributed by atoms with Crippen molar-refractivity contribution in [3.05, 3.63) is 46.3 Å². The molecule has 0 spiro atoms. The van der Waals surface area contributed by atoms with Crippen LogP contribution in [-0.4, -0.2) is 34.1 Å². The van der Waals surface area contributed by atoms with Crippen molar-refractivity contribution in [3.63, 3.8) is 0 Å². The van der Waals surface area contributed by atoms with E-state index in [1.54, 1.807) is 0 Å². The van der Waals surface area contributed by atoms with Crippen LogP contribution in [0.3, 0.4) is 0 Å². The molecule has 0 aliphatic rings. The highest BCUT2D eigenvalue weighted by Crippen LogP contribution is 2.19. The van der Waals surface area contributed by atoms with Crippen molar-refractivity contribution in [1.29, 1.82) is 0 Å². The molecule has 1 aromatic carbocycles. The molecule has 0 aliphatic heterocycles. The second-order valence-electron chi connectivity index (χ2n) is 6.18. The van der Waals surface area contributed by atoms with E-state index < -0.39 is 0 Å². The lowest BCUT2D eigenvalue weighted by Crippen LogP contribution is -2.34. The zero-order valence-corrected chi connectivity index (χ0v) is 16.6. The summed E-state index contributed by atoms with van der Waals surface area (Å²) in [5, 5.41) is 6.04. The lowest BCUT2D eigenvalue weighted by atomic mass is 10.1. The monoisotopic (exact) mass is 372 g/mol. The van der Waals surface area contributed by atoms with Gasteiger partial charge in [-0.15, -0.1) is 0 Å². The van der Waals surface area contributed by atoms with Crippen LogP contribution in [-0.2, 0) is 9.59 Å². The number of carbonyl (C=O) groups is 2. The summed E-state index contributed by atoms with van der Waals surface area (Å²) in [5.41, 5.74) is 5.65. The van der Waals surface area contributed by atoms with Gasteiger partial charge in [0, 0.05) is 17.1 Å². The van der Waals surface area contributed by atoms with E-state index in [9.17, 15) is 9.59 Å². The summed E-state index contributed by atoms with van der Waals surface area (Å²) in [6.45, 7) is 9.62. The van der Waals surface area contributed by atoms with Crippen molar-refractivity contribution in [1.82, 2.24) is 15.3 Å². The lowest BCUT2D eigenvalue weighted by molar-refractivity contribution is -0.122. The fourth-order valence-corrected chi connectivity index (χ4v) is 3.13. The maximum Gasteiger partial charge on any atom is 0.243 e. The minimum atomic E-state index is -0.251. The van der Waals surface area contributed by atoms with Crippen molar-refractivity contribution in [2.24, 2.45) is 0 Å². The molecular weight excluding hydrogens is 348 g/mol. The predicted octanol–water partition coefficient (Wildman–Crippen LogP) is 2.87. The summed E-state index contributed by atoms with van der Waals surface area (Å²) < 4.78 is 0. The topological polar surface area (TPSA) is 84.0 Å². The van der Waals surface area contributed by atoms with Gasteiger partial charge in [-0.05, 0) is 51.3 Å². The average molecular weight is 372 g/mol. The first-order valence-electron chi connectivity index (χ1n) is 8.35. The molecule has 1 heterocycles. The molecule has 0 saturated heterocycles. The van der Waals surface area contributed by atoms with Gasteiger partial charge in [-0.2, -0.15) is 0 Å². The van der Waals surface area contributed by atoms with E-state index in [4.69, 9.17) is 0 Å². The zero-order chi connectivity index (χ0) is 19.3.